The molecular formula is C12H14ClF3N2O. The molecule has 1 aromatic rings. The predicted molar refractivity (Wildman–Crippen MR) is 65.3 cm³/mol. The lowest BCUT2D eigenvalue weighted by molar-refractivity contribution is -0.137. The summed E-state index contributed by atoms with van der Waals surface area (Å²) in [5.74, 6) is 0.358. The summed E-state index contributed by atoms with van der Waals surface area (Å²) in [6, 6.07) is 0.838. The van der Waals surface area contributed by atoms with Crippen molar-refractivity contribution >= 4 is 11.6 Å². The molecule has 106 valence electrons. The number of halogens is 4. The number of aromatic nitrogens is 1. The highest BCUT2D eigenvalue weighted by molar-refractivity contribution is 6.31. The normalized spacial score (nSPS) is 24.3. The van der Waals surface area contributed by atoms with Gasteiger partial charge in [0.05, 0.1) is 5.56 Å². The zero-order valence-corrected chi connectivity index (χ0v) is 11.1. The quantitative estimate of drug-likeness (QED) is 0.910. The number of nitrogens with one attached hydrogen (secondary N) is 1. The molecule has 0 aliphatic carbocycles. The lowest BCUT2D eigenvalue weighted by Gasteiger charge is -2.29. The maximum atomic E-state index is 12.5. The van der Waals surface area contributed by atoms with Crippen LogP contribution in [0.2, 0.25) is 5.02 Å². The zero-order chi connectivity index (χ0) is 14.0. The van der Waals surface area contributed by atoms with Crippen molar-refractivity contribution in [3.63, 3.8) is 0 Å². The Bertz CT molecular complexity index is 453. The second-order valence-corrected chi connectivity index (χ2v) is 5.04. The molecule has 3 nitrogen and oxygen atoms in total. The first-order chi connectivity index (χ1) is 8.88. The number of hydrogen-bond donors (Lipinski definition) is 1. The molecule has 1 N–H and O–H groups in total. The summed E-state index contributed by atoms with van der Waals surface area (Å²) >= 11 is 5.79. The van der Waals surface area contributed by atoms with Crippen molar-refractivity contribution in [3.8, 4) is 5.88 Å². The summed E-state index contributed by atoms with van der Waals surface area (Å²) in [6.07, 6.45) is -2.89. The number of alkyl halides is 3. The molecule has 7 heteroatoms. The highest BCUT2D eigenvalue weighted by Gasteiger charge is 2.32. The molecule has 0 saturated carbocycles. The van der Waals surface area contributed by atoms with E-state index in [2.05, 4.69) is 10.3 Å². The van der Waals surface area contributed by atoms with Crippen LogP contribution in [-0.2, 0) is 6.18 Å². The van der Waals surface area contributed by atoms with E-state index in [0.717, 1.165) is 25.2 Å². The van der Waals surface area contributed by atoms with Gasteiger partial charge in [0.1, 0.15) is 11.1 Å². The molecule has 0 aromatic carbocycles. The fourth-order valence-corrected chi connectivity index (χ4v) is 2.14. The largest absolute Gasteiger partial charge is 0.472 e. The monoisotopic (exact) mass is 294 g/mol. The standard InChI is InChI=1S/C12H14ClF3N2O/c1-7-2-3-17-6-10(7)19-11-9(13)4-8(5-18-11)12(14,15)16/h4-5,7,10,17H,2-3,6H2,1H3. The molecule has 0 spiro atoms. The van der Waals surface area contributed by atoms with Gasteiger partial charge in [0.25, 0.3) is 0 Å². The second-order valence-electron chi connectivity index (χ2n) is 4.64. The van der Waals surface area contributed by atoms with Gasteiger partial charge < -0.3 is 10.1 Å². The third kappa shape index (κ3) is 3.51. The highest BCUT2D eigenvalue weighted by Crippen LogP contribution is 2.33. The SMILES string of the molecule is CC1CCNCC1Oc1ncc(C(F)(F)F)cc1Cl. The fourth-order valence-electron chi connectivity index (χ4n) is 1.93. The molecule has 2 unspecified atom stereocenters. The number of ether oxygens (including phenoxy) is 1. The predicted octanol–water partition coefficient (Wildman–Crippen LogP) is 3.13. The molecule has 19 heavy (non-hydrogen) atoms. The molecular weight excluding hydrogens is 281 g/mol. The van der Waals surface area contributed by atoms with Crippen LogP contribution in [0.15, 0.2) is 12.3 Å². The van der Waals surface area contributed by atoms with Crippen LogP contribution in [0.1, 0.15) is 18.9 Å². The number of pyridine rings is 1. The summed E-state index contributed by atoms with van der Waals surface area (Å²) in [5, 5.41) is 3.05. The van der Waals surface area contributed by atoms with Crippen molar-refractivity contribution in [2.24, 2.45) is 5.92 Å². The van der Waals surface area contributed by atoms with Gasteiger partial charge in [-0.15, -0.1) is 0 Å². The summed E-state index contributed by atoms with van der Waals surface area (Å²) < 4.78 is 43.0. The Morgan fingerprint density at radius 1 is 1.47 bits per heavy atom. The summed E-state index contributed by atoms with van der Waals surface area (Å²) in [6.45, 7) is 3.58. The number of rotatable bonds is 2. The van der Waals surface area contributed by atoms with E-state index in [-0.39, 0.29) is 17.0 Å². The summed E-state index contributed by atoms with van der Waals surface area (Å²) in [7, 11) is 0. The summed E-state index contributed by atoms with van der Waals surface area (Å²) in [4.78, 5) is 3.67. The maximum Gasteiger partial charge on any atom is 0.417 e. The summed E-state index contributed by atoms with van der Waals surface area (Å²) in [5.41, 5.74) is -0.875. The lowest BCUT2D eigenvalue weighted by atomic mass is 9.97. The third-order valence-corrected chi connectivity index (χ3v) is 3.43. The molecule has 1 aliphatic heterocycles. The van der Waals surface area contributed by atoms with Crippen LogP contribution in [-0.4, -0.2) is 24.2 Å². The van der Waals surface area contributed by atoms with Gasteiger partial charge in [-0.2, -0.15) is 13.2 Å². The van der Waals surface area contributed by atoms with Crippen LogP contribution < -0.4 is 10.1 Å². The van der Waals surface area contributed by atoms with Gasteiger partial charge in [-0.1, -0.05) is 18.5 Å². The van der Waals surface area contributed by atoms with E-state index in [9.17, 15) is 13.2 Å². The molecule has 1 aliphatic rings. The van der Waals surface area contributed by atoms with Gasteiger partial charge in [0, 0.05) is 12.7 Å². The minimum atomic E-state index is -4.45. The third-order valence-electron chi connectivity index (χ3n) is 3.15. The van der Waals surface area contributed by atoms with E-state index in [4.69, 9.17) is 16.3 Å². The van der Waals surface area contributed by atoms with E-state index < -0.39 is 11.7 Å². The highest BCUT2D eigenvalue weighted by atomic mass is 35.5. The molecule has 2 heterocycles. The van der Waals surface area contributed by atoms with Gasteiger partial charge in [0.2, 0.25) is 5.88 Å². The van der Waals surface area contributed by atoms with Gasteiger partial charge in [-0.25, -0.2) is 4.98 Å². The maximum absolute atomic E-state index is 12.5. The van der Waals surface area contributed by atoms with Crippen LogP contribution in [0.25, 0.3) is 0 Å². The van der Waals surface area contributed by atoms with Crippen molar-refractivity contribution in [1.29, 1.82) is 0 Å². The van der Waals surface area contributed by atoms with E-state index in [0.29, 0.717) is 12.5 Å². The Labute approximate surface area is 114 Å². The molecule has 1 aromatic heterocycles. The lowest BCUT2D eigenvalue weighted by Crippen LogP contribution is -2.43. The van der Waals surface area contributed by atoms with Gasteiger partial charge >= 0.3 is 6.18 Å². The number of piperidine rings is 1. The van der Waals surface area contributed by atoms with Crippen LogP contribution >= 0.6 is 11.6 Å². The zero-order valence-electron chi connectivity index (χ0n) is 10.3. The Hall–Kier alpha value is -1.01. The topological polar surface area (TPSA) is 34.1 Å². The Morgan fingerprint density at radius 2 is 2.21 bits per heavy atom. The molecule has 2 rings (SSSR count). The van der Waals surface area contributed by atoms with Crippen LogP contribution in [0.5, 0.6) is 5.88 Å². The van der Waals surface area contributed by atoms with E-state index in [1.807, 2.05) is 6.92 Å². The van der Waals surface area contributed by atoms with Crippen LogP contribution in [0, 0.1) is 5.92 Å². The molecule has 1 saturated heterocycles. The average molecular weight is 295 g/mol. The smallest absolute Gasteiger partial charge is 0.417 e. The van der Waals surface area contributed by atoms with Crippen LogP contribution in [0.3, 0.4) is 0 Å². The van der Waals surface area contributed by atoms with Gasteiger partial charge in [-0.05, 0) is 24.9 Å². The van der Waals surface area contributed by atoms with Crippen molar-refractivity contribution < 1.29 is 17.9 Å². The van der Waals surface area contributed by atoms with Gasteiger partial charge in [0.15, 0.2) is 0 Å². The second kappa shape index (κ2) is 5.54. The van der Waals surface area contributed by atoms with E-state index >= 15 is 0 Å². The minimum absolute atomic E-state index is 0.0511. The van der Waals surface area contributed by atoms with Crippen LogP contribution in [0.4, 0.5) is 13.2 Å². The van der Waals surface area contributed by atoms with Crippen molar-refractivity contribution in [1.82, 2.24) is 10.3 Å². The molecule has 1 fully saturated rings. The van der Waals surface area contributed by atoms with Gasteiger partial charge in [-0.3, -0.25) is 0 Å². The van der Waals surface area contributed by atoms with Crippen molar-refractivity contribution in [2.45, 2.75) is 25.6 Å². The van der Waals surface area contributed by atoms with Crippen molar-refractivity contribution in [2.75, 3.05) is 13.1 Å². The Kier molecular flexibility index (Phi) is 4.20. The first kappa shape index (κ1) is 14.4. The van der Waals surface area contributed by atoms with E-state index in [1.165, 1.54) is 0 Å². The number of hydrogen-bond acceptors (Lipinski definition) is 3. The minimum Gasteiger partial charge on any atom is -0.472 e. The molecule has 0 bridgehead atoms. The first-order valence-corrected chi connectivity index (χ1v) is 6.36. The van der Waals surface area contributed by atoms with Crippen molar-refractivity contribution in [3.05, 3.63) is 22.8 Å². The molecule has 0 amide bonds. The Balaban J connectivity index is 2.13. The first-order valence-electron chi connectivity index (χ1n) is 5.98. The number of nitrogens with zero attached hydrogens (tertiary/aromatic N) is 1. The molecule has 0 radical (unpaired) electrons. The Morgan fingerprint density at radius 3 is 2.79 bits per heavy atom. The average Bonchev–Trinajstić information content (AvgIpc) is 2.33. The molecule has 2 atom stereocenters. The fraction of sp³-hybridized carbons (Fsp3) is 0.583. The van der Waals surface area contributed by atoms with E-state index in [1.54, 1.807) is 0 Å².